The van der Waals surface area contributed by atoms with Gasteiger partial charge in [-0.1, -0.05) is 0 Å². The van der Waals surface area contributed by atoms with Crippen LogP contribution in [-0.2, 0) is 9.53 Å². The Labute approximate surface area is 166 Å². The lowest BCUT2D eigenvalue weighted by molar-refractivity contribution is -0.113. The molecule has 7 nitrogen and oxygen atoms in total. The van der Waals surface area contributed by atoms with Gasteiger partial charge in [0, 0.05) is 18.7 Å². The number of halogens is 1. The number of phenols is 1. The number of benzene rings is 1. The third-order valence-electron chi connectivity index (χ3n) is 4.07. The van der Waals surface area contributed by atoms with Gasteiger partial charge in [0.25, 0.3) is 5.91 Å². The number of thioether (sulfide) groups is 1. The second-order valence-corrected chi connectivity index (χ2v) is 8.60. The van der Waals surface area contributed by atoms with Gasteiger partial charge < -0.3 is 20.1 Å². The number of nitrogens with zero attached hydrogens (tertiary/aromatic N) is 2. The van der Waals surface area contributed by atoms with E-state index >= 15 is 0 Å². The van der Waals surface area contributed by atoms with Crippen molar-refractivity contribution in [1.29, 1.82) is 0 Å². The molecule has 2 amide bonds. The summed E-state index contributed by atoms with van der Waals surface area (Å²) in [5.41, 5.74) is -0.347. The number of nitrogens with one attached hydrogen (secondary N) is 1. The number of alkyl carbamates (subject to hydrolysis) is 1. The molecule has 0 aromatic heterocycles. The summed E-state index contributed by atoms with van der Waals surface area (Å²) in [6.45, 7) is 6.54. The van der Waals surface area contributed by atoms with Crippen LogP contribution in [0.15, 0.2) is 28.1 Å². The first-order valence-corrected chi connectivity index (χ1v) is 9.68. The molecule has 1 aromatic carbocycles. The third-order valence-corrected chi connectivity index (χ3v) is 5.11. The molecule has 0 saturated carbocycles. The summed E-state index contributed by atoms with van der Waals surface area (Å²) in [6.07, 6.45) is 1.66. The number of ether oxygens (including phenoxy) is 1. The number of carbonyl (C=O) groups excluding carboxylic acids is 2. The molecule has 2 heterocycles. The third kappa shape index (κ3) is 5.03. The first kappa shape index (κ1) is 20.2. The highest BCUT2D eigenvalue weighted by Gasteiger charge is 2.32. The molecule has 0 unspecified atom stereocenters. The minimum absolute atomic E-state index is 0.103. The smallest absolute Gasteiger partial charge is 0.407 e. The Hall–Kier alpha value is -2.55. The van der Waals surface area contributed by atoms with Gasteiger partial charge in [0.05, 0.1) is 10.9 Å². The van der Waals surface area contributed by atoms with Crippen LogP contribution in [0.25, 0.3) is 6.08 Å². The van der Waals surface area contributed by atoms with E-state index < -0.39 is 23.4 Å². The quantitative estimate of drug-likeness (QED) is 0.732. The van der Waals surface area contributed by atoms with Crippen LogP contribution in [0, 0.1) is 5.82 Å². The van der Waals surface area contributed by atoms with Crippen molar-refractivity contribution in [1.82, 2.24) is 10.2 Å². The van der Waals surface area contributed by atoms with Crippen LogP contribution in [0.2, 0.25) is 0 Å². The van der Waals surface area contributed by atoms with Gasteiger partial charge in [-0.15, -0.1) is 0 Å². The van der Waals surface area contributed by atoms with E-state index in [0.717, 1.165) is 12.1 Å². The molecule has 0 spiro atoms. The maximum Gasteiger partial charge on any atom is 0.407 e. The molecule has 9 heteroatoms. The predicted octanol–water partition coefficient (Wildman–Crippen LogP) is 3.10. The fourth-order valence-corrected chi connectivity index (χ4v) is 3.78. The van der Waals surface area contributed by atoms with E-state index in [4.69, 9.17) is 4.74 Å². The summed E-state index contributed by atoms with van der Waals surface area (Å²) in [5.74, 6) is -1.05. The summed E-state index contributed by atoms with van der Waals surface area (Å²) in [4.78, 5) is 30.4. The number of hydrogen-bond donors (Lipinski definition) is 2. The van der Waals surface area contributed by atoms with E-state index in [1.165, 1.54) is 23.9 Å². The maximum absolute atomic E-state index is 13.4. The zero-order chi connectivity index (χ0) is 20.5. The van der Waals surface area contributed by atoms with Crippen molar-refractivity contribution in [2.75, 3.05) is 13.1 Å². The molecule has 0 radical (unpaired) electrons. The summed E-state index contributed by atoms with van der Waals surface area (Å²) in [6, 6.07) is 3.44. The highest BCUT2D eigenvalue weighted by atomic mass is 32.2. The monoisotopic (exact) mass is 407 g/mol. The fraction of sp³-hybridized carbons (Fsp3) is 0.421. The number of aromatic hydroxyl groups is 1. The van der Waals surface area contributed by atoms with Crippen molar-refractivity contribution in [2.45, 2.75) is 38.8 Å². The van der Waals surface area contributed by atoms with Gasteiger partial charge in [0.2, 0.25) is 0 Å². The molecular formula is C19H22FN3O4S. The highest BCUT2D eigenvalue weighted by molar-refractivity contribution is 8.18. The minimum Gasteiger partial charge on any atom is -0.507 e. The number of carbonyl (C=O) groups is 2. The second kappa shape index (κ2) is 7.83. The number of amides is 2. The first-order valence-electron chi connectivity index (χ1n) is 8.86. The molecule has 28 heavy (non-hydrogen) atoms. The van der Waals surface area contributed by atoms with E-state index in [-0.39, 0.29) is 17.4 Å². The summed E-state index contributed by atoms with van der Waals surface area (Å²) in [5, 5.41) is 13.2. The van der Waals surface area contributed by atoms with Crippen LogP contribution < -0.4 is 5.32 Å². The van der Waals surface area contributed by atoms with Crippen molar-refractivity contribution < 1.29 is 23.8 Å². The van der Waals surface area contributed by atoms with E-state index in [0.29, 0.717) is 29.6 Å². The summed E-state index contributed by atoms with van der Waals surface area (Å²) < 4.78 is 18.6. The Kier molecular flexibility index (Phi) is 5.64. The standard InChI is InChI=1S/C19H22FN3O4S/c1-19(2,3)27-18(26)21-13-6-7-23(10-13)17-22-16(25)15(28-17)9-11-8-12(20)4-5-14(11)24/h4-5,8-9,13,24H,6-7,10H2,1-3H3,(H,21,26)/t13-/m0/s1. The molecule has 1 aromatic rings. The minimum atomic E-state index is -0.567. The number of aliphatic imine (C=N–C) groups is 1. The van der Waals surface area contributed by atoms with Crippen LogP contribution in [0.4, 0.5) is 9.18 Å². The number of rotatable bonds is 2. The average molecular weight is 407 g/mol. The van der Waals surface area contributed by atoms with E-state index in [1.54, 1.807) is 20.8 Å². The first-order chi connectivity index (χ1) is 13.1. The van der Waals surface area contributed by atoms with Gasteiger partial charge in [0.15, 0.2) is 5.17 Å². The number of amidine groups is 1. The van der Waals surface area contributed by atoms with Gasteiger partial charge in [0.1, 0.15) is 17.2 Å². The van der Waals surface area contributed by atoms with Crippen LogP contribution in [0.3, 0.4) is 0 Å². The molecule has 0 bridgehead atoms. The Morgan fingerprint density at radius 3 is 2.93 bits per heavy atom. The Bertz CT molecular complexity index is 863. The molecule has 1 atom stereocenters. The van der Waals surface area contributed by atoms with Gasteiger partial charge in [-0.05, 0) is 63.2 Å². The number of phenolic OH excluding ortho intramolecular Hbond substituents is 1. The Morgan fingerprint density at radius 1 is 1.46 bits per heavy atom. The van der Waals surface area contributed by atoms with Gasteiger partial charge in [-0.2, -0.15) is 4.99 Å². The van der Waals surface area contributed by atoms with Crippen molar-refractivity contribution in [2.24, 2.45) is 4.99 Å². The molecule has 3 rings (SSSR count). The normalized spacial score (nSPS) is 21.2. The van der Waals surface area contributed by atoms with Crippen LogP contribution >= 0.6 is 11.8 Å². The van der Waals surface area contributed by atoms with Crippen LogP contribution in [-0.4, -0.2) is 51.9 Å². The number of likely N-dealkylation sites (tertiary alicyclic amines) is 1. The topological polar surface area (TPSA) is 91.2 Å². The molecule has 2 aliphatic heterocycles. The molecule has 1 fully saturated rings. The number of hydrogen-bond acceptors (Lipinski definition) is 6. The summed E-state index contributed by atoms with van der Waals surface area (Å²) >= 11 is 1.17. The largest absolute Gasteiger partial charge is 0.507 e. The molecule has 1 saturated heterocycles. The predicted molar refractivity (Wildman–Crippen MR) is 105 cm³/mol. The zero-order valence-electron chi connectivity index (χ0n) is 15.9. The van der Waals surface area contributed by atoms with Crippen LogP contribution in [0.1, 0.15) is 32.8 Å². The Balaban J connectivity index is 1.61. The SMILES string of the molecule is CC(C)(C)OC(=O)N[C@H]1CCN(C2=NC(=O)C(=Cc3cc(F)ccc3O)S2)C1. The Morgan fingerprint density at radius 2 is 2.21 bits per heavy atom. The van der Waals surface area contributed by atoms with Gasteiger partial charge >= 0.3 is 6.09 Å². The summed E-state index contributed by atoms with van der Waals surface area (Å²) in [7, 11) is 0. The van der Waals surface area contributed by atoms with E-state index in [9.17, 15) is 19.1 Å². The zero-order valence-corrected chi connectivity index (χ0v) is 16.7. The van der Waals surface area contributed by atoms with Gasteiger partial charge in [-0.25, -0.2) is 9.18 Å². The average Bonchev–Trinajstić information content (AvgIpc) is 3.16. The fourth-order valence-electron chi connectivity index (χ4n) is 2.84. The van der Waals surface area contributed by atoms with Crippen LogP contribution in [0.5, 0.6) is 5.75 Å². The van der Waals surface area contributed by atoms with Crippen molar-refractivity contribution >= 4 is 35.0 Å². The maximum atomic E-state index is 13.4. The second-order valence-electron chi connectivity index (χ2n) is 7.59. The lowest BCUT2D eigenvalue weighted by atomic mass is 10.2. The molecule has 150 valence electrons. The van der Waals surface area contributed by atoms with E-state index in [1.807, 2.05) is 4.90 Å². The van der Waals surface area contributed by atoms with E-state index in [2.05, 4.69) is 10.3 Å². The van der Waals surface area contributed by atoms with Gasteiger partial charge in [-0.3, -0.25) is 4.79 Å². The molecule has 2 N–H and O–H groups in total. The molecule has 0 aliphatic carbocycles. The lowest BCUT2D eigenvalue weighted by Gasteiger charge is -2.22. The van der Waals surface area contributed by atoms with Crippen molar-refractivity contribution in [3.8, 4) is 5.75 Å². The highest BCUT2D eigenvalue weighted by Crippen LogP contribution is 2.33. The van der Waals surface area contributed by atoms with Crippen molar-refractivity contribution in [3.63, 3.8) is 0 Å². The molecule has 2 aliphatic rings. The molecular weight excluding hydrogens is 385 g/mol. The van der Waals surface area contributed by atoms with Crippen molar-refractivity contribution in [3.05, 3.63) is 34.5 Å². The lowest BCUT2D eigenvalue weighted by Crippen LogP contribution is -2.40.